The summed E-state index contributed by atoms with van der Waals surface area (Å²) < 4.78 is 1.10. The van der Waals surface area contributed by atoms with Gasteiger partial charge in [0.1, 0.15) is 0 Å². The minimum Gasteiger partial charge on any atom is -0.319 e. The van der Waals surface area contributed by atoms with Crippen LogP contribution in [0.15, 0.2) is 22.7 Å². The highest BCUT2D eigenvalue weighted by molar-refractivity contribution is 9.10. The molecule has 4 heteroatoms. The maximum absolute atomic E-state index is 6.39. The number of nitrogens with zero attached hydrogens (tertiary/aromatic N) is 1. The van der Waals surface area contributed by atoms with Crippen molar-refractivity contribution in [2.45, 2.75) is 18.9 Å². The second-order valence-corrected chi connectivity index (χ2v) is 6.37. The summed E-state index contributed by atoms with van der Waals surface area (Å²) in [6.45, 7) is 2.19. The van der Waals surface area contributed by atoms with Crippen molar-refractivity contribution >= 4 is 27.5 Å². The van der Waals surface area contributed by atoms with Crippen LogP contribution in [0.3, 0.4) is 0 Å². The summed E-state index contributed by atoms with van der Waals surface area (Å²) in [5.41, 5.74) is 1.24. The molecule has 0 aliphatic carbocycles. The van der Waals surface area contributed by atoms with Crippen LogP contribution in [-0.4, -0.2) is 32.1 Å². The molecule has 1 aliphatic heterocycles. The Morgan fingerprint density at radius 2 is 2.28 bits per heavy atom. The van der Waals surface area contributed by atoms with E-state index in [9.17, 15) is 0 Å². The fourth-order valence-corrected chi connectivity index (χ4v) is 3.58. The Labute approximate surface area is 123 Å². The second-order valence-electron chi connectivity index (χ2n) is 5.05. The third-order valence-corrected chi connectivity index (χ3v) is 4.59. The lowest BCUT2D eigenvalue weighted by molar-refractivity contribution is 0.121. The first kappa shape index (κ1) is 14.3. The number of rotatable bonds is 3. The molecule has 1 aromatic rings. The molecule has 1 aliphatic rings. The van der Waals surface area contributed by atoms with Crippen molar-refractivity contribution in [1.82, 2.24) is 10.2 Å². The van der Waals surface area contributed by atoms with Gasteiger partial charge in [-0.3, -0.25) is 4.90 Å². The first-order chi connectivity index (χ1) is 8.63. The van der Waals surface area contributed by atoms with Crippen LogP contribution in [0.5, 0.6) is 0 Å². The van der Waals surface area contributed by atoms with E-state index in [1.54, 1.807) is 0 Å². The Hall–Kier alpha value is -0.0900. The van der Waals surface area contributed by atoms with Gasteiger partial charge in [-0.25, -0.2) is 0 Å². The molecule has 2 atom stereocenters. The van der Waals surface area contributed by atoms with Gasteiger partial charge in [-0.2, -0.15) is 0 Å². The van der Waals surface area contributed by atoms with Gasteiger partial charge >= 0.3 is 0 Å². The summed E-state index contributed by atoms with van der Waals surface area (Å²) in [7, 11) is 4.22. The van der Waals surface area contributed by atoms with Crippen LogP contribution in [0.2, 0.25) is 5.02 Å². The van der Waals surface area contributed by atoms with Crippen molar-refractivity contribution in [2.24, 2.45) is 5.92 Å². The topological polar surface area (TPSA) is 15.3 Å². The molecule has 0 radical (unpaired) electrons. The van der Waals surface area contributed by atoms with Gasteiger partial charge < -0.3 is 5.32 Å². The molecule has 1 aromatic carbocycles. The van der Waals surface area contributed by atoms with Crippen molar-refractivity contribution < 1.29 is 0 Å². The lowest BCUT2D eigenvalue weighted by Crippen LogP contribution is -2.40. The van der Waals surface area contributed by atoms with Crippen molar-refractivity contribution in [3.8, 4) is 0 Å². The number of likely N-dealkylation sites (tertiary alicyclic amines) is 1. The van der Waals surface area contributed by atoms with E-state index in [2.05, 4.69) is 39.3 Å². The molecule has 1 fully saturated rings. The molecule has 18 heavy (non-hydrogen) atoms. The maximum atomic E-state index is 6.39. The number of nitrogens with one attached hydrogen (secondary N) is 1. The highest BCUT2D eigenvalue weighted by Gasteiger charge is 2.31. The number of hydrogen-bond donors (Lipinski definition) is 1. The van der Waals surface area contributed by atoms with Gasteiger partial charge in [-0.05, 0) is 69.7 Å². The van der Waals surface area contributed by atoms with Gasteiger partial charge in [0, 0.05) is 15.5 Å². The quantitative estimate of drug-likeness (QED) is 0.908. The average Bonchev–Trinajstić information content (AvgIpc) is 2.34. The first-order valence-electron chi connectivity index (χ1n) is 6.43. The summed E-state index contributed by atoms with van der Waals surface area (Å²) in [5, 5.41) is 4.18. The zero-order chi connectivity index (χ0) is 13.1. The van der Waals surface area contributed by atoms with E-state index in [1.807, 2.05) is 19.2 Å². The zero-order valence-electron chi connectivity index (χ0n) is 10.9. The fraction of sp³-hybridized carbons (Fsp3) is 0.571. The Morgan fingerprint density at radius 3 is 3.00 bits per heavy atom. The molecular weight excluding hydrogens is 312 g/mol. The molecule has 0 bridgehead atoms. The van der Waals surface area contributed by atoms with Gasteiger partial charge in [0.05, 0.1) is 0 Å². The Bertz CT molecular complexity index is 409. The summed E-state index contributed by atoms with van der Waals surface area (Å²) in [4.78, 5) is 2.43. The van der Waals surface area contributed by atoms with Crippen molar-refractivity contribution in [3.05, 3.63) is 33.3 Å². The molecule has 2 nitrogen and oxygen atoms in total. The largest absolute Gasteiger partial charge is 0.319 e. The summed E-state index contributed by atoms with van der Waals surface area (Å²) in [6.07, 6.45) is 2.53. The van der Waals surface area contributed by atoms with Crippen LogP contribution in [0.4, 0.5) is 0 Å². The molecule has 0 spiro atoms. The van der Waals surface area contributed by atoms with E-state index in [0.29, 0.717) is 12.0 Å². The van der Waals surface area contributed by atoms with E-state index in [4.69, 9.17) is 11.6 Å². The third-order valence-electron chi connectivity index (χ3n) is 3.75. The minimum atomic E-state index is 0.413. The Morgan fingerprint density at radius 1 is 1.50 bits per heavy atom. The van der Waals surface area contributed by atoms with Crippen LogP contribution in [0.25, 0.3) is 0 Å². The lowest BCUT2D eigenvalue weighted by Gasteiger charge is -2.40. The zero-order valence-corrected chi connectivity index (χ0v) is 13.3. The normalized spacial score (nSPS) is 25.3. The van der Waals surface area contributed by atoms with Crippen LogP contribution in [0, 0.1) is 5.92 Å². The molecule has 2 unspecified atom stereocenters. The minimum absolute atomic E-state index is 0.413. The molecule has 0 saturated carbocycles. The smallest absolute Gasteiger partial charge is 0.0454 e. The Kier molecular flexibility index (Phi) is 5.07. The lowest BCUT2D eigenvalue weighted by atomic mass is 9.85. The van der Waals surface area contributed by atoms with Gasteiger partial charge in [0.25, 0.3) is 0 Å². The van der Waals surface area contributed by atoms with Gasteiger partial charge in [-0.1, -0.05) is 27.5 Å². The number of piperidine rings is 1. The van der Waals surface area contributed by atoms with Crippen LogP contribution >= 0.6 is 27.5 Å². The number of halogens is 2. The van der Waals surface area contributed by atoms with Crippen molar-refractivity contribution in [3.63, 3.8) is 0 Å². The van der Waals surface area contributed by atoms with Gasteiger partial charge in [0.15, 0.2) is 0 Å². The first-order valence-corrected chi connectivity index (χ1v) is 7.60. The van der Waals surface area contributed by atoms with Gasteiger partial charge in [0.2, 0.25) is 0 Å². The van der Waals surface area contributed by atoms with E-state index < -0.39 is 0 Å². The fourth-order valence-electron chi connectivity index (χ4n) is 2.97. The molecule has 100 valence electrons. The SMILES string of the molecule is CNCC1CCCN(C)C1c1cc(Br)ccc1Cl. The average molecular weight is 332 g/mol. The predicted octanol–water partition coefficient (Wildman–Crippen LogP) is 3.70. The van der Waals surface area contributed by atoms with Crippen LogP contribution < -0.4 is 5.32 Å². The summed E-state index contributed by atoms with van der Waals surface area (Å²) in [6, 6.07) is 6.57. The Balaban J connectivity index is 2.33. The molecule has 2 rings (SSSR count). The maximum Gasteiger partial charge on any atom is 0.0454 e. The molecular formula is C14H20BrClN2. The molecule has 1 N–H and O–H groups in total. The molecule has 1 saturated heterocycles. The number of hydrogen-bond acceptors (Lipinski definition) is 2. The van der Waals surface area contributed by atoms with Crippen molar-refractivity contribution in [2.75, 3.05) is 27.2 Å². The number of benzene rings is 1. The third kappa shape index (κ3) is 3.08. The molecule has 0 aromatic heterocycles. The van der Waals surface area contributed by atoms with Crippen LogP contribution in [-0.2, 0) is 0 Å². The van der Waals surface area contributed by atoms with E-state index in [0.717, 1.165) is 22.6 Å². The van der Waals surface area contributed by atoms with E-state index >= 15 is 0 Å². The monoisotopic (exact) mass is 330 g/mol. The highest BCUT2D eigenvalue weighted by atomic mass is 79.9. The predicted molar refractivity (Wildman–Crippen MR) is 81.2 cm³/mol. The molecule has 1 heterocycles. The summed E-state index contributed by atoms with van der Waals surface area (Å²) >= 11 is 9.94. The van der Waals surface area contributed by atoms with E-state index in [-0.39, 0.29) is 0 Å². The summed E-state index contributed by atoms with van der Waals surface area (Å²) in [5.74, 6) is 0.626. The second kappa shape index (κ2) is 6.38. The van der Waals surface area contributed by atoms with E-state index in [1.165, 1.54) is 18.4 Å². The van der Waals surface area contributed by atoms with Gasteiger partial charge in [-0.15, -0.1) is 0 Å². The van der Waals surface area contributed by atoms with Crippen LogP contribution in [0.1, 0.15) is 24.4 Å². The molecule has 0 amide bonds. The van der Waals surface area contributed by atoms with Crippen molar-refractivity contribution in [1.29, 1.82) is 0 Å². The standard InChI is InChI=1S/C14H20BrClN2/c1-17-9-10-4-3-7-18(2)14(10)12-8-11(15)5-6-13(12)16/h5-6,8,10,14,17H,3-4,7,9H2,1-2H3. The highest BCUT2D eigenvalue weighted by Crippen LogP contribution is 2.38.